The van der Waals surface area contributed by atoms with Crippen LogP contribution < -0.4 is 0 Å². The molecule has 0 bridgehead atoms. The molecule has 0 radical (unpaired) electrons. The fourth-order valence-corrected chi connectivity index (χ4v) is 4.65. The highest BCUT2D eigenvalue weighted by Crippen LogP contribution is 2.33. The summed E-state index contributed by atoms with van der Waals surface area (Å²) in [4.78, 5) is 48.7. The van der Waals surface area contributed by atoms with E-state index in [4.69, 9.17) is 5.11 Å². The number of ether oxygens (including phenoxy) is 2. The number of esters is 2. The molecule has 1 heterocycles. The Morgan fingerprint density at radius 1 is 1.05 bits per heavy atom. The molecule has 220 valence electrons. The van der Waals surface area contributed by atoms with Crippen LogP contribution in [0.5, 0.6) is 0 Å². The van der Waals surface area contributed by atoms with Gasteiger partial charge in [0.15, 0.2) is 5.60 Å². The molecule has 10 nitrogen and oxygen atoms in total. The summed E-state index contributed by atoms with van der Waals surface area (Å²) in [7, 11) is 2.15. The third-order valence-corrected chi connectivity index (χ3v) is 7.20. The first kappa shape index (κ1) is 34.0. The predicted molar refractivity (Wildman–Crippen MR) is 146 cm³/mol. The third-order valence-electron chi connectivity index (χ3n) is 7.20. The molecule has 0 aliphatic carbocycles. The number of carbonyl (C=O) groups excluding carboxylic acids is 3. The molecule has 0 spiro atoms. The molecule has 0 aromatic rings. The van der Waals surface area contributed by atoms with Gasteiger partial charge in [-0.05, 0) is 78.1 Å². The van der Waals surface area contributed by atoms with E-state index in [-0.39, 0.29) is 24.8 Å². The summed E-state index contributed by atoms with van der Waals surface area (Å²) in [5.41, 5.74) is -1.75. The maximum atomic E-state index is 12.3. The standard InChI is InChI=1S/C29H45NO9/c1-20(10-7-11-21(2)13-9-15-23-16-17-30(25(23)33)19-24(31)32)12-8-14-22(3)18-29(37,27(35)39-6)28(4,36)26(34)38-5/h11-12,16,22,36-37H,7-10,13-15,17-19H2,1-6H3,(H,31,32)/b20-12-,21-11+/t22-,28?,29+/m1/s1. The fourth-order valence-electron chi connectivity index (χ4n) is 4.65. The van der Waals surface area contributed by atoms with Crippen molar-refractivity contribution in [2.24, 2.45) is 5.92 Å². The third kappa shape index (κ3) is 9.93. The lowest BCUT2D eigenvalue weighted by atomic mass is 9.77. The van der Waals surface area contributed by atoms with Crippen molar-refractivity contribution in [1.82, 2.24) is 4.90 Å². The van der Waals surface area contributed by atoms with Gasteiger partial charge in [0.2, 0.25) is 11.5 Å². The summed E-state index contributed by atoms with van der Waals surface area (Å²) in [6.45, 7) is 7.07. The Hall–Kier alpha value is -2.98. The summed E-state index contributed by atoms with van der Waals surface area (Å²) in [6.07, 6.45) is 11.4. The molecule has 3 N–H and O–H groups in total. The summed E-state index contributed by atoms with van der Waals surface area (Å²) in [5.74, 6) is -3.60. The van der Waals surface area contributed by atoms with Crippen molar-refractivity contribution >= 4 is 23.8 Å². The monoisotopic (exact) mass is 551 g/mol. The molecule has 1 aliphatic heterocycles. The minimum atomic E-state index is -2.46. The van der Waals surface area contributed by atoms with Crippen LogP contribution in [-0.4, -0.2) is 82.5 Å². The van der Waals surface area contributed by atoms with Gasteiger partial charge in [-0.3, -0.25) is 9.59 Å². The van der Waals surface area contributed by atoms with Gasteiger partial charge in [0.05, 0.1) is 14.2 Å². The molecule has 0 aromatic carbocycles. The molecular formula is C29H45NO9. The molecule has 0 fully saturated rings. The Bertz CT molecular complexity index is 979. The highest BCUT2D eigenvalue weighted by molar-refractivity contribution is 5.97. The lowest BCUT2D eigenvalue weighted by molar-refractivity contribution is -0.210. The lowest BCUT2D eigenvalue weighted by Crippen LogP contribution is -2.63. The number of hydrogen-bond acceptors (Lipinski definition) is 8. The van der Waals surface area contributed by atoms with Crippen LogP contribution in [0.3, 0.4) is 0 Å². The molecule has 10 heteroatoms. The fraction of sp³-hybridized carbons (Fsp3) is 0.655. The van der Waals surface area contributed by atoms with Gasteiger partial charge < -0.3 is 29.7 Å². The van der Waals surface area contributed by atoms with Gasteiger partial charge in [-0.15, -0.1) is 0 Å². The van der Waals surface area contributed by atoms with Gasteiger partial charge in [0, 0.05) is 12.1 Å². The van der Waals surface area contributed by atoms with Crippen LogP contribution in [0.15, 0.2) is 34.9 Å². The SMILES string of the molecule is COC(=O)C(C)(O)[C@](O)(C[C@H](C)CC/C=C(/C)CC/C=C(\C)CCCC1=CCN(CC(=O)O)C1=O)C(=O)OC. The van der Waals surface area contributed by atoms with E-state index in [0.29, 0.717) is 31.4 Å². The number of hydrogen-bond donors (Lipinski definition) is 3. The largest absolute Gasteiger partial charge is 0.480 e. The van der Waals surface area contributed by atoms with E-state index in [1.807, 2.05) is 19.9 Å². The van der Waals surface area contributed by atoms with Crippen LogP contribution in [0.1, 0.15) is 79.1 Å². The maximum Gasteiger partial charge on any atom is 0.341 e. The normalized spacial score (nSPS) is 18.2. The number of carboxylic acids is 1. The van der Waals surface area contributed by atoms with E-state index in [0.717, 1.165) is 46.8 Å². The molecule has 1 aliphatic rings. The second-order valence-electron chi connectivity index (χ2n) is 10.6. The number of aliphatic hydroxyl groups is 2. The smallest absolute Gasteiger partial charge is 0.341 e. The zero-order chi connectivity index (χ0) is 29.8. The van der Waals surface area contributed by atoms with E-state index in [1.165, 1.54) is 16.0 Å². The Kier molecular flexibility index (Phi) is 13.6. The number of aliphatic carboxylic acids is 1. The van der Waals surface area contributed by atoms with Gasteiger partial charge in [0.25, 0.3) is 0 Å². The van der Waals surface area contributed by atoms with Crippen molar-refractivity contribution in [3.05, 3.63) is 34.9 Å². The van der Waals surface area contributed by atoms with Crippen LogP contribution in [0.2, 0.25) is 0 Å². The van der Waals surface area contributed by atoms with Crippen LogP contribution in [-0.2, 0) is 28.7 Å². The Morgan fingerprint density at radius 2 is 1.64 bits per heavy atom. The number of methoxy groups -OCH3 is 2. The second kappa shape index (κ2) is 15.6. The maximum absolute atomic E-state index is 12.3. The number of carbonyl (C=O) groups is 4. The molecule has 0 aromatic heterocycles. The van der Waals surface area contributed by atoms with Gasteiger partial charge in [-0.1, -0.05) is 36.3 Å². The van der Waals surface area contributed by atoms with Crippen molar-refractivity contribution in [1.29, 1.82) is 0 Å². The van der Waals surface area contributed by atoms with E-state index in [9.17, 15) is 29.4 Å². The van der Waals surface area contributed by atoms with Crippen LogP contribution in [0.25, 0.3) is 0 Å². The Morgan fingerprint density at radius 3 is 2.23 bits per heavy atom. The average Bonchev–Trinajstić information content (AvgIpc) is 3.20. The van der Waals surface area contributed by atoms with Gasteiger partial charge in [0.1, 0.15) is 6.54 Å². The molecular weight excluding hydrogens is 506 g/mol. The number of nitrogens with zero attached hydrogens (tertiary/aromatic N) is 1. The number of allylic oxidation sites excluding steroid dienone is 4. The minimum absolute atomic E-state index is 0.170. The predicted octanol–water partition coefficient (Wildman–Crippen LogP) is 3.32. The van der Waals surface area contributed by atoms with Crippen molar-refractivity contribution in [3.63, 3.8) is 0 Å². The summed E-state index contributed by atoms with van der Waals surface area (Å²) < 4.78 is 9.22. The van der Waals surface area contributed by atoms with Gasteiger partial charge in [-0.2, -0.15) is 0 Å². The van der Waals surface area contributed by atoms with E-state index < -0.39 is 29.1 Å². The molecule has 1 rings (SSSR count). The van der Waals surface area contributed by atoms with E-state index >= 15 is 0 Å². The van der Waals surface area contributed by atoms with Crippen LogP contribution in [0.4, 0.5) is 0 Å². The molecule has 0 saturated carbocycles. The number of carboxylic acid groups (broad SMARTS) is 1. The Labute approximate surface area is 231 Å². The summed E-state index contributed by atoms with van der Waals surface area (Å²) in [6, 6.07) is 0. The minimum Gasteiger partial charge on any atom is -0.480 e. The molecule has 1 amide bonds. The molecule has 39 heavy (non-hydrogen) atoms. The zero-order valence-electron chi connectivity index (χ0n) is 24.1. The molecule has 1 unspecified atom stereocenters. The van der Waals surface area contributed by atoms with Crippen molar-refractivity contribution in [2.45, 2.75) is 90.3 Å². The summed E-state index contributed by atoms with van der Waals surface area (Å²) in [5, 5.41) is 30.4. The van der Waals surface area contributed by atoms with E-state index in [2.05, 4.69) is 28.5 Å². The topological polar surface area (TPSA) is 151 Å². The summed E-state index contributed by atoms with van der Waals surface area (Å²) >= 11 is 0. The number of rotatable bonds is 17. The highest BCUT2D eigenvalue weighted by Gasteiger charge is 2.58. The van der Waals surface area contributed by atoms with Crippen molar-refractivity contribution < 1.29 is 44.0 Å². The van der Waals surface area contributed by atoms with Crippen LogP contribution >= 0.6 is 0 Å². The molecule has 3 atom stereocenters. The van der Waals surface area contributed by atoms with Gasteiger partial charge in [-0.25, -0.2) is 9.59 Å². The first-order valence-corrected chi connectivity index (χ1v) is 13.3. The van der Waals surface area contributed by atoms with Crippen molar-refractivity contribution in [3.8, 4) is 0 Å². The first-order chi connectivity index (χ1) is 18.2. The zero-order valence-corrected chi connectivity index (χ0v) is 24.1. The van der Waals surface area contributed by atoms with Gasteiger partial charge >= 0.3 is 17.9 Å². The highest BCUT2D eigenvalue weighted by atomic mass is 16.6. The quantitative estimate of drug-likeness (QED) is 0.183. The van der Waals surface area contributed by atoms with Crippen molar-refractivity contribution in [2.75, 3.05) is 27.3 Å². The first-order valence-electron chi connectivity index (χ1n) is 13.3. The van der Waals surface area contributed by atoms with E-state index in [1.54, 1.807) is 0 Å². The number of amides is 1. The second-order valence-corrected chi connectivity index (χ2v) is 10.6. The lowest BCUT2D eigenvalue weighted by Gasteiger charge is -2.37. The molecule has 0 saturated heterocycles. The van der Waals surface area contributed by atoms with Crippen LogP contribution in [0, 0.1) is 5.92 Å². The average molecular weight is 552 g/mol. The Balaban J connectivity index is 2.47.